The molecule has 3 rings (SSSR count). The Morgan fingerprint density at radius 2 is 1.96 bits per heavy atom. The molecule has 0 atom stereocenters. The van der Waals surface area contributed by atoms with Gasteiger partial charge in [0.15, 0.2) is 0 Å². The summed E-state index contributed by atoms with van der Waals surface area (Å²) < 4.78 is 37.4. The second-order valence-corrected chi connectivity index (χ2v) is 5.94. The molecule has 23 heavy (non-hydrogen) atoms. The molecule has 1 aliphatic heterocycles. The van der Waals surface area contributed by atoms with E-state index in [1.54, 1.807) is 4.90 Å². The average Bonchev–Trinajstić information content (AvgIpc) is 3.25. The second kappa shape index (κ2) is 5.82. The minimum Gasteiger partial charge on any atom is -0.315 e. The molecule has 0 spiro atoms. The molecule has 3 amide bonds. The lowest BCUT2D eigenvalue weighted by atomic mass is 10.2. The van der Waals surface area contributed by atoms with Gasteiger partial charge in [-0.15, -0.1) is 0 Å². The number of nitrogens with zero attached hydrogens (tertiary/aromatic N) is 3. The average molecular weight is 327 g/mol. The zero-order valence-corrected chi connectivity index (χ0v) is 12.3. The zero-order chi connectivity index (χ0) is 16.6. The van der Waals surface area contributed by atoms with E-state index in [0.29, 0.717) is 18.2 Å². The van der Waals surface area contributed by atoms with E-state index in [9.17, 15) is 22.8 Å². The van der Waals surface area contributed by atoms with Gasteiger partial charge in [0.1, 0.15) is 6.54 Å². The van der Waals surface area contributed by atoms with Gasteiger partial charge in [-0.1, -0.05) is 0 Å². The van der Waals surface area contributed by atoms with Gasteiger partial charge >= 0.3 is 12.2 Å². The van der Waals surface area contributed by atoms with E-state index in [2.05, 4.69) is 4.98 Å². The molecule has 0 bridgehead atoms. The van der Waals surface area contributed by atoms with E-state index in [0.717, 1.165) is 30.0 Å². The molecule has 124 valence electrons. The number of hydrogen-bond donors (Lipinski definition) is 0. The number of carbonyl (C=O) groups is 2. The molecule has 1 saturated heterocycles. The van der Waals surface area contributed by atoms with Crippen molar-refractivity contribution >= 4 is 11.9 Å². The minimum absolute atomic E-state index is 0.0930. The number of hydrogen-bond acceptors (Lipinski definition) is 3. The summed E-state index contributed by atoms with van der Waals surface area (Å²) in [4.78, 5) is 30.5. The van der Waals surface area contributed by atoms with Gasteiger partial charge in [-0.3, -0.25) is 14.7 Å². The largest absolute Gasteiger partial charge is 0.417 e. The molecule has 2 heterocycles. The molecule has 2 fully saturated rings. The van der Waals surface area contributed by atoms with Crippen LogP contribution in [-0.4, -0.2) is 46.4 Å². The van der Waals surface area contributed by atoms with Crippen molar-refractivity contribution in [2.45, 2.75) is 25.4 Å². The molecule has 2 aliphatic rings. The van der Waals surface area contributed by atoms with E-state index in [1.165, 1.54) is 6.07 Å². The molecule has 0 N–H and O–H groups in total. The Labute approximate surface area is 131 Å². The number of halogens is 3. The predicted octanol–water partition coefficient (Wildman–Crippen LogP) is 2.32. The van der Waals surface area contributed by atoms with Crippen LogP contribution in [-0.2, 0) is 17.4 Å². The summed E-state index contributed by atoms with van der Waals surface area (Å²) in [6.07, 6.45) is -1.23. The summed E-state index contributed by atoms with van der Waals surface area (Å²) >= 11 is 0. The molecule has 5 nitrogen and oxygen atoms in total. The van der Waals surface area contributed by atoms with E-state index >= 15 is 0 Å². The summed E-state index contributed by atoms with van der Waals surface area (Å²) in [7, 11) is 0. The van der Waals surface area contributed by atoms with Crippen molar-refractivity contribution in [3.63, 3.8) is 0 Å². The first-order valence-electron chi connectivity index (χ1n) is 7.46. The molecule has 1 saturated carbocycles. The van der Waals surface area contributed by atoms with Crippen molar-refractivity contribution in [2.24, 2.45) is 5.92 Å². The Kier molecular flexibility index (Phi) is 3.99. The van der Waals surface area contributed by atoms with Crippen LogP contribution in [0.4, 0.5) is 18.0 Å². The maximum Gasteiger partial charge on any atom is 0.417 e. The maximum absolute atomic E-state index is 12.5. The number of aromatic nitrogens is 1. The van der Waals surface area contributed by atoms with E-state index in [-0.39, 0.29) is 31.4 Å². The fourth-order valence-electron chi connectivity index (χ4n) is 2.54. The highest BCUT2D eigenvalue weighted by Crippen LogP contribution is 2.31. The lowest BCUT2D eigenvalue weighted by Crippen LogP contribution is -2.35. The Balaban J connectivity index is 1.57. The van der Waals surface area contributed by atoms with Gasteiger partial charge < -0.3 is 4.90 Å². The van der Waals surface area contributed by atoms with Gasteiger partial charge in [-0.05, 0) is 30.9 Å². The van der Waals surface area contributed by atoms with Crippen molar-refractivity contribution in [3.8, 4) is 0 Å². The van der Waals surface area contributed by atoms with Gasteiger partial charge in [0.25, 0.3) is 0 Å². The van der Waals surface area contributed by atoms with Gasteiger partial charge in [0, 0.05) is 31.4 Å². The van der Waals surface area contributed by atoms with Crippen LogP contribution in [0.3, 0.4) is 0 Å². The van der Waals surface area contributed by atoms with Crippen LogP contribution < -0.4 is 0 Å². The van der Waals surface area contributed by atoms with Crippen LogP contribution in [0.2, 0.25) is 0 Å². The van der Waals surface area contributed by atoms with Gasteiger partial charge in [-0.2, -0.15) is 13.2 Å². The fraction of sp³-hybridized carbons (Fsp3) is 0.533. The van der Waals surface area contributed by atoms with Crippen molar-refractivity contribution in [2.75, 3.05) is 19.6 Å². The molecular weight excluding hydrogens is 311 g/mol. The second-order valence-electron chi connectivity index (χ2n) is 5.94. The predicted molar refractivity (Wildman–Crippen MR) is 74.3 cm³/mol. The molecule has 1 aromatic rings. The standard InChI is InChI=1S/C15H16F3N3O2/c16-15(17,18)11-3-4-12(19-7-11)5-6-21-13(22)9-20(14(21)23)8-10-1-2-10/h3-4,7,10H,1-2,5-6,8-9H2. The Bertz CT molecular complexity index is 611. The van der Waals surface area contributed by atoms with E-state index in [1.807, 2.05) is 0 Å². The molecule has 0 aromatic carbocycles. The van der Waals surface area contributed by atoms with Crippen LogP contribution >= 0.6 is 0 Å². The summed E-state index contributed by atoms with van der Waals surface area (Å²) in [5.74, 6) is 0.242. The number of amides is 3. The lowest BCUT2D eigenvalue weighted by Gasteiger charge is -2.16. The molecule has 0 radical (unpaired) electrons. The third-order valence-electron chi connectivity index (χ3n) is 4.05. The molecular formula is C15H16F3N3O2. The quantitative estimate of drug-likeness (QED) is 0.780. The van der Waals surface area contributed by atoms with Crippen LogP contribution in [0.5, 0.6) is 0 Å². The van der Waals surface area contributed by atoms with Gasteiger partial charge in [0.05, 0.1) is 5.56 Å². The van der Waals surface area contributed by atoms with E-state index < -0.39 is 11.7 Å². The van der Waals surface area contributed by atoms with Crippen molar-refractivity contribution in [1.29, 1.82) is 0 Å². The van der Waals surface area contributed by atoms with E-state index in [4.69, 9.17) is 0 Å². The zero-order valence-electron chi connectivity index (χ0n) is 12.3. The van der Waals surface area contributed by atoms with Gasteiger partial charge in [0.2, 0.25) is 5.91 Å². The highest BCUT2D eigenvalue weighted by Gasteiger charge is 2.38. The SMILES string of the molecule is O=C1CN(CC2CC2)C(=O)N1CCc1ccc(C(F)(F)F)cn1. The normalized spacial score (nSPS) is 18.9. The summed E-state index contributed by atoms with van der Waals surface area (Å²) in [6, 6.07) is 1.92. The maximum atomic E-state index is 12.5. The summed E-state index contributed by atoms with van der Waals surface area (Å²) in [5, 5.41) is 0. The molecule has 0 unspecified atom stereocenters. The lowest BCUT2D eigenvalue weighted by molar-refractivity contribution is -0.137. The smallest absolute Gasteiger partial charge is 0.315 e. The van der Waals surface area contributed by atoms with Crippen molar-refractivity contribution in [1.82, 2.24) is 14.8 Å². The topological polar surface area (TPSA) is 53.5 Å². The molecule has 1 aromatic heterocycles. The number of urea groups is 1. The monoisotopic (exact) mass is 327 g/mol. The number of rotatable bonds is 5. The number of imide groups is 1. The van der Waals surface area contributed by atoms with Crippen molar-refractivity contribution in [3.05, 3.63) is 29.6 Å². The molecule has 8 heteroatoms. The highest BCUT2D eigenvalue weighted by molar-refractivity contribution is 6.02. The highest BCUT2D eigenvalue weighted by atomic mass is 19.4. The van der Waals surface area contributed by atoms with Crippen molar-refractivity contribution < 1.29 is 22.8 Å². The van der Waals surface area contributed by atoms with Crippen LogP contribution in [0.25, 0.3) is 0 Å². The summed E-state index contributed by atoms with van der Waals surface area (Å²) in [6.45, 7) is 0.840. The Morgan fingerprint density at radius 3 is 2.52 bits per heavy atom. The number of carbonyl (C=O) groups excluding carboxylic acids is 2. The molecule has 1 aliphatic carbocycles. The van der Waals surface area contributed by atoms with Crippen LogP contribution in [0.15, 0.2) is 18.3 Å². The first-order valence-corrected chi connectivity index (χ1v) is 7.46. The number of pyridine rings is 1. The Hall–Kier alpha value is -2.12. The number of alkyl halides is 3. The van der Waals surface area contributed by atoms with Gasteiger partial charge in [-0.25, -0.2) is 4.79 Å². The first kappa shape index (κ1) is 15.8. The third kappa shape index (κ3) is 3.62. The van der Waals surface area contributed by atoms with Crippen LogP contribution in [0, 0.1) is 5.92 Å². The Morgan fingerprint density at radius 1 is 1.22 bits per heavy atom. The van der Waals surface area contributed by atoms with Crippen LogP contribution in [0.1, 0.15) is 24.1 Å². The first-order chi connectivity index (χ1) is 10.8. The summed E-state index contributed by atoms with van der Waals surface area (Å²) in [5.41, 5.74) is -0.399. The third-order valence-corrected chi connectivity index (χ3v) is 4.05. The fourth-order valence-corrected chi connectivity index (χ4v) is 2.54. The minimum atomic E-state index is -4.42.